The number of hydrogen-bond acceptors (Lipinski definition) is 6. The molecule has 0 aliphatic rings. The van der Waals surface area contributed by atoms with Crippen molar-refractivity contribution in [2.75, 3.05) is 24.4 Å². The fraction of sp³-hybridized carbons (Fsp3) is 0.371. The molecule has 0 saturated carbocycles. The topological polar surface area (TPSA) is 135 Å². The van der Waals surface area contributed by atoms with Crippen LogP contribution >= 0.6 is 0 Å². The van der Waals surface area contributed by atoms with E-state index in [1.807, 2.05) is 56.3 Å². The van der Waals surface area contributed by atoms with Crippen molar-refractivity contribution < 1.29 is 28.7 Å². The minimum Gasteiger partial charge on any atom is -0.493 e. The number of amides is 4. The summed E-state index contributed by atoms with van der Waals surface area (Å²) in [5.41, 5.74) is 2.76. The largest absolute Gasteiger partial charge is 0.493 e. The van der Waals surface area contributed by atoms with Gasteiger partial charge in [-0.2, -0.15) is 0 Å². The maximum absolute atomic E-state index is 13.4. The summed E-state index contributed by atoms with van der Waals surface area (Å²) in [4.78, 5) is 51.2. The number of urea groups is 1. The van der Waals surface area contributed by atoms with Crippen molar-refractivity contribution in [2.24, 2.45) is 11.8 Å². The van der Waals surface area contributed by atoms with Crippen molar-refractivity contribution in [3.8, 4) is 5.75 Å². The van der Waals surface area contributed by atoms with Gasteiger partial charge >= 0.3 is 12.0 Å². The average molecular weight is 617 g/mol. The number of carbonyl (C=O) groups excluding carboxylic acids is 4. The standard InChI is InChI=1S/C35H44N4O6/c1-23(2)19-30(33(41)39-31(34(42)44-5)20-25-13-17-29(18-14-25)45-22-24(3)4)38-32(40)21-26-11-15-28(16-12-26)37-35(43)36-27-9-7-6-8-10-27/h6-18,23-24,30-31H,19-22H2,1-5H3,(H,38,40)(H,39,41)(H2,36,37,43). The maximum Gasteiger partial charge on any atom is 0.328 e. The van der Waals surface area contributed by atoms with E-state index in [0.717, 1.165) is 11.3 Å². The van der Waals surface area contributed by atoms with Gasteiger partial charge in [0.05, 0.1) is 20.1 Å². The summed E-state index contributed by atoms with van der Waals surface area (Å²) in [6.07, 6.45) is 0.631. The Bertz CT molecular complexity index is 1390. The molecule has 0 aliphatic heterocycles. The first-order chi connectivity index (χ1) is 21.5. The van der Waals surface area contributed by atoms with Crippen LogP contribution in [-0.2, 0) is 32.0 Å². The highest BCUT2D eigenvalue weighted by atomic mass is 16.5. The number of benzene rings is 3. The molecule has 0 aliphatic carbocycles. The second-order valence-corrected chi connectivity index (χ2v) is 11.7. The van der Waals surface area contributed by atoms with Gasteiger partial charge in [-0.25, -0.2) is 9.59 Å². The molecule has 45 heavy (non-hydrogen) atoms. The number of ether oxygens (including phenoxy) is 2. The Balaban J connectivity index is 1.58. The molecule has 10 nitrogen and oxygen atoms in total. The van der Waals surface area contributed by atoms with Crippen LogP contribution in [0.15, 0.2) is 78.9 Å². The number of rotatable bonds is 15. The van der Waals surface area contributed by atoms with Crippen molar-refractivity contribution >= 4 is 35.2 Å². The predicted molar refractivity (Wildman–Crippen MR) is 175 cm³/mol. The molecule has 3 aromatic carbocycles. The average Bonchev–Trinajstić information content (AvgIpc) is 3.00. The highest BCUT2D eigenvalue weighted by Gasteiger charge is 2.28. The Morgan fingerprint density at radius 3 is 1.87 bits per heavy atom. The Hall–Kier alpha value is -4.86. The Labute approximate surface area is 265 Å². The maximum atomic E-state index is 13.4. The first kappa shape index (κ1) is 34.6. The van der Waals surface area contributed by atoms with E-state index in [1.54, 1.807) is 36.4 Å². The highest BCUT2D eigenvalue weighted by Crippen LogP contribution is 2.16. The molecule has 240 valence electrons. The van der Waals surface area contributed by atoms with E-state index in [0.29, 0.717) is 35.9 Å². The van der Waals surface area contributed by atoms with Gasteiger partial charge in [0.2, 0.25) is 11.8 Å². The molecule has 0 aromatic heterocycles. The van der Waals surface area contributed by atoms with Crippen LogP contribution in [0.4, 0.5) is 16.2 Å². The fourth-order valence-corrected chi connectivity index (χ4v) is 4.48. The van der Waals surface area contributed by atoms with Crippen molar-refractivity contribution in [3.63, 3.8) is 0 Å². The highest BCUT2D eigenvalue weighted by molar-refractivity contribution is 5.99. The molecule has 0 radical (unpaired) electrons. The lowest BCUT2D eigenvalue weighted by molar-refractivity contribution is -0.145. The summed E-state index contributed by atoms with van der Waals surface area (Å²) < 4.78 is 10.7. The zero-order valence-electron chi connectivity index (χ0n) is 26.6. The van der Waals surface area contributed by atoms with E-state index in [1.165, 1.54) is 7.11 Å². The van der Waals surface area contributed by atoms with Gasteiger partial charge in [0.15, 0.2) is 0 Å². The first-order valence-electron chi connectivity index (χ1n) is 15.1. The number of para-hydroxylation sites is 1. The Morgan fingerprint density at radius 1 is 0.689 bits per heavy atom. The zero-order chi connectivity index (χ0) is 32.8. The third-order valence-electron chi connectivity index (χ3n) is 6.72. The summed E-state index contributed by atoms with van der Waals surface area (Å²) in [5, 5.41) is 11.1. The van der Waals surface area contributed by atoms with Crippen molar-refractivity contribution in [3.05, 3.63) is 90.0 Å². The number of anilines is 2. The van der Waals surface area contributed by atoms with Crippen LogP contribution in [-0.4, -0.2) is 49.6 Å². The number of nitrogens with one attached hydrogen (secondary N) is 4. The third-order valence-corrected chi connectivity index (χ3v) is 6.72. The molecule has 10 heteroatoms. The number of methoxy groups -OCH3 is 1. The molecule has 2 atom stereocenters. The quantitative estimate of drug-likeness (QED) is 0.170. The van der Waals surface area contributed by atoms with E-state index >= 15 is 0 Å². The Morgan fingerprint density at radius 2 is 1.29 bits per heavy atom. The molecule has 3 rings (SSSR count). The van der Waals surface area contributed by atoms with Gasteiger partial charge in [0.1, 0.15) is 17.8 Å². The van der Waals surface area contributed by atoms with Gasteiger partial charge in [0, 0.05) is 17.8 Å². The van der Waals surface area contributed by atoms with Crippen molar-refractivity contribution in [1.29, 1.82) is 0 Å². The van der Waals surface area contributed by atoms with Crippen LogP contribution in [0.5, 0.6) is 5.75 Å². The second-order valence-electron chi connectivity index (χ2n) is 11.7. The molecule has 0 spiro atoms. The normalized spacial score (nSPS) is 12.2. The summed E-state index contributed by atoms with van der Waals surface area (Å²) in [5.74, 6) is -0.165. The first-order valence-corrected chi connectivity index (χ1v) is 15.1. The Kier molecular flexibility index (Phi) is 13.4. The van der Waals surface area contributed by atoms with Gasteiger partial charge in [-0.3, -0.25) is 9.59 Å². The molecule has 0 bridgehead atoms. The molecule has 4 amide bonds. The molecular weight excluding hydrogens is 572 g/mol. The van der Waals surface area contributed by atoms with E-state index in [2.05, 4.69) is 35.1 Å². The van der Waals surface area contributed by atoms with E-state index in [4.69, 9.17) is 9.47 Å². The number of carbonyl (C=O) groups is 4. The zero-order valence-corrected chi connectivity index (χ0v) is 26.6. The lowest BCUT2D eigenvalue weighted by atomic mass is 10.0. The number of hydrogen-bond donors (Lipinski definition) is 4. The minimum absolute atomic E-state index is 0.0318. The van der Waals surface area contributed by atoms with Crippen LogP contribution in [0, 0.1) is 11.8 Å². The van der Waals surface area contributed by atoms with Crippen LogP contribution in [0.25, 0.3) is 0 Å². The molecule has 3 aromatic rings. The second kappa shape index (κ2) is 17.4. The van der Waals surface area contributed by atoms with Crippen LogP contribution in [0.2, 0.25) is 0 Å². The fourth-order valence-electron chi connectivity index (χ4n) is 4.48. The van der Waals surface area contributed by atoms with Crippen LogP contribution in [0.1, 0.15) is 45.2 Å². The van der Waals surface area contributed by atoms with Gasteiger partial charge in [-0.05, 0) is 65.8 Å². The molecule has 0 saturated heterocycles. The SMILES string of the molecule is COC(=O)C(Cc1ccc(OCC(C)C)cc1)NC(=O)C(CC(C)C)NC(=O)Cc1ccc(NC(=O)Nc2ccccc2)cc1. The minimum atomic E-state index is -0.935. The third kappa shape index (κ3) is 12.3. The van der Waals surface area contributed by atoms with Crippen molar-refractivity contribution in [1.82, 2.24) is 10.6 Å². The van der Waals surface area contributed by atoms with E-state index in [-0.39, 0.29) is 30.7 Å². The molecule has 0 fully saturated rings. The molecule has 2 unspecified atom stereocenters. The van der Waals surface area contributed by atoms with Gasteiger partial charge in [-0.1, -0.05) is 70.2 Å². The van der Waals surface area contributed by atoms with E-state index in [9.17, 15) is 19.2 Å². The van der Waals surface area contributed by atoms with Crippen LogP contribution < -0.4 is 26.0 Å². The summed E-state index contributed by atoms with van der Waals surface area (Å²) in [6, 6.07) is 21.2. The molecule has 0 heterocycles. The van der Waals surface area contributed by atoms with Crippen LogP contribution in [0.3, 0.4) is 0 Å². The predicted octanol–water partition coefficient (Wildman–Crippen LogP) is 5.34. The summed E-state index contributed by atoms with van der Waals surface area (Å²) in [7, 11) is 1.27. The molecule has 4 N–H and O–H groups in total. The van der Waals surface area contributed by atoms with Gasteiger partial charge in [0.25, 0.3) is 0 Å². The monoisotopic (exact) mass is 616 g/mol. The smallest absolute Gasteiger partial charge is 0.328 e. The lowest BCUT2D eigenvalue weighted by Crippen LogP contribution is -2.53. The molecular formula is C35H44N4O6. The van der Waals surface area contributed by atoms with Gasteiger partial charge in [-0.15, -0.1) is 0 Å². The van der Waals surface area contributed by atoms with Crippen molar-refractivity contribution in [2.45, 2.75) is 59.0 Å². The summed E-state index contributed by atoms with van der Waals surface area (Å²) in [6.45, 7) is 8.64. The number of esters is 1. The van der Waals surface area contributed by atoms with E-state index < -0.39 is 24.0 Å². The van der Waals surface area contributed by atoms with Gasteiger partial charge < -0.3 is 30.7 Å². The lowest BCUT2D eigenvalue weighted by Gasteiger charge is -2.23. The summed E-state index contributed by atoms with van der Waals surface area (Å²) >= 11 is 0.